The number of rotatable bonds is 2. The normalized spacial score (nSPS) is 10.4. The van der Waals surface area contributed by atoms with Crippen molar-refractivity contribution >= 4 is 40.8 Å². The SMILES string of the molecule is O=C(O)c1cnc(-c2c(Cl)cc(Cl)cc2Cl)nc1. The number of aromatic carboxylic acids is 1. The summed E-state index contributed by atoms with van der Waals surface area (Å²) in [5.74, 6) is -0.860. The number of hydrogen-bond donors (Lipinski definition) is 1. The van der Waals surface area contributed by atoms with Crippen LogP contribution in [0.2, 0.25) is 15.1 Å². The predicted octanol–water partition coefficient (Wildman–Crippen LogP) is 3.80. The Bertz CT molecular complexity index is 591. The number of benzene rings is 1. The Morgan fingerprint density at radius 3 is 2.00 bits per heavy atom. The molecule has 1 N–H and O–H groups in total. The monoisotopic (exact) mass is 302 g/mol. The standard InChI is InChI=1S/C11H5Cl3N2O2/c12-6-1-7(13)9(8(14)2-6)10-15-3-5(4-16-10)11(17)18/h1-4H,(H,17,18). The van der Waals surface area contributed by atoms with Crippen LogP contribution in [0.1, 0.15) is 10.4 Å². The first-order valence-corrected chi connectivity index (χ1v) is 5.82. The fourth-order valence-corrected chi connectivity index (χ4v) is 2.31. The molecule has 18 heavy (non-hydrogen) atoms. The van der Waals surface area contributed by atoms with Crippen LogP contribution in [0.4, 0.5) is 0 Å². The number of aromatic nitrogens is 2. The summed E-state index contributed by atoms with van der Waals surface area (Å²) < 4.78 is 0. The van der Waals surface area contributed by atoms with Gasteiger partial charge in [0.05, 0.1) is 21.2 Å². The predicted molar refractivity (Wildman–Crippen MR) is 69.5 cm³/mol. The van der Waals surface area contributed by atoms with Crippen molar-refractivity contribution in [2.75, 3.05) is 0 Å². The average molecular weight is 304 g/mol. The summed E-state index contributed by atoms with van der Waals surface area (Å²) in [6.45, 7) is 0. The van der Waals surface area contributed by atoms with Crippen LogP contribution in [-0.2, 0) is 0 Å². The molecular weight excluding hydrogens is 298 g/mol. The van der Waals surface area contributed by atoms with Crippen molar-refractivity contribution in [1.29, 1.82) is 0 Å². The number of hydrogen-bond acceptors (Lipinski definition) is 3. The van der Waals surface area contributed by atoms with Crippen LogP contribution in [-0.4, -0.2) is 21.0 Å². The molecule has 0 amide bonds. The van der Waals surface area contributed by atoms with Gasteiger partial charge in [-0.15, -0.1) is 0 Å². The van der Waals surface area contributed by atoms with E-state index in [4.69, 9.17) is 39.9 Å². The molecule has 92 valence electrons. The first-order valence-electron chi connectivity index (χ1n) is 4.69. The Kier molecular flexibility index (Phi) is 3.71. The van der Waals surface area contributed by atoms with Gasteiger partial charge in [0.2, 0.25) is 0 Å². The maximum absolute atomic E-state index is 10.7. The molecule has 0 aliphatic rings. The van der Waals surface area contributed by atoms with Crippen LogP contribution >= 0.6 is 34.8 Å². The lowest BCUT2D eigenvalue weighted by Crippen LogP contribution is -2.00. The lowest BCUT2D eigenvalue weighted by atomic mass is 10.2. The summed E-state index contributed by atoms with van der Waals surface area (Å²) in [4.78, 5) is 18.5. The Morgan fingerprint density at radius 1 is 1.06 bits per heavy atom. The third kappa shape index (κ3) is 2.56. The topological polar surface area (TPSA) is 63.1 Å². The molecule has 0 aliphatic carbocycles. The molecule has 2 rings (SSSR count). The average Bonchev–Trinajstić information content (AvgIpc) is 2.28. The molecule has 0 bridgehead atoms. The molecule has 7 heteroatoms. The minimum Gasteiger partial charge on any atom is -0.478 e. The summed E-state index contributed by atoms with van der Waals surface area (Å²) in [5, 5.41) is 9.74. The molecular formula is C11H5Cl3N2O2. The largest absolute Gasteiger partial charge is 0.478 e. The fraction of sp³-hybridized carbons (Fsp3) is 0. The number of nitrogens with zero attached hydrogens (tertiary/aromatic N) is 2. The van der Waals surface area contributed by atoms with Crippen LogP contribution in [0.5, 0.6) is 0 Å². The third-order valence-electron chi connectivity index (χ3n) is 2.13. The Morgan fingerprint density at radius 2 is 1.56 bits per heavy atom. The molecule has 4 nitrogen and oxygen atoms in total. The van der Waals surface area contributed by atoms with E-state index in [1.165, 1.54) is 24.5 Å². The molecule has 0 unspecified atom stereocenters. The van der Waals surface area contributed by atoms with E-state index in [1.807, 2.05) is 0 Å². The smallest absolute Gasteiger partial charge is 0.338 e. The maximum atomic E-state index is 10.7. The second kappa shape index (κ2) is 5.10. The highest BCUT2D eigenvalue weighted by Crippen LogP contribution is 2.35. The van der Waals surface area contributed by atoms with Crippen LogP contribution in [0, 0.1) is 0 Å². The van der Waals surface area contributed by atoms with Gasteiger partial charge in [-0.3, -0.25) is 0 Å². The number of carboxylic acid groups (broad SMARTS) is 1. The minimum atomic E-state index is -1.10. The van der Waals surface area contributed by atoms with Crippen molar-refractivity contribution < 1.29 is 9.90 Å². The van der Waals surface area contributed by atoms with Gasteiger partial charge in [0.15, 0.2) is 5.82 Å². The van der Waals surface area contributed by atoms with Crippen molar-refractivity contribution in [3.8, 4) is 11.4 Å². The van der Waals surface area contributed by atoms with Gasteiger partial charge >= 0.3 is 5.97 Å². The van der Waals surface area contributed by atoms with Gasteiger partial charge in [-0.2, -0.15) is 0 Å². The number of carbonyl (C=O) groups is 1. The van der Waals surface area contributed by atoms with Crippen LogP contribution < -0.4 is 0 Å². The van der Waals surface area contributed by atoms with E-state index in [9.17, 15) is 4.79 Å². The van der Waals surface area contributed by atoms with E-state index < -0.39 is 5.97 Å². The van der Waals surface area contributed by atoms with E-state index in [0.29, 0.717) is 20.6 Å². The van der Waals surface area contributed by atoms with Gasteiger partial charge < -0.3 is 5.11 Å². The van der Waals surface area contributed by atoms with Gasteiger partial charge in [-0.05, 0) is 12.1 Å². The summed E-state index contributed by atoms with van der Waals surface area (Å²) >= 11 is 17.8. The first-order chi connectivity index (χ1) is 8.49. The first kappa shape index (κ1) is 13.1. The highest BCUT2D eigenvalue weighted by molar-refractivity contribution is 6.41. The molecule has 0 saturated heterocycles. The van der Waals surface area contributed by atoms with Gasteiger partial charge in [0.1, 0.15) is 0 Å². The summed E-state index contributed by atoms with van der Waals surface area (Å²) in [7, 11) is 0. The van der Waals surface area contributed by atoms with Crippen molar-refractivity contribution in [2.24, 2.45) is 0 Å². The van der Waals surface area contributed by atoms with E-state index >= 15 is 0 Å². The molecule has 1 aromatic carbocycles. The fourth-order valence-electron chi connectivity index (χ4n) is 1.32. The van der Waals surface area contributed by atoms with Crippen molar-refractivity contribution in [3.63, 3.8) is 0 Å². The third-order valence-corrected chi connectivity index (χ3v) is 2.94. The van der Waals surface area contributed by atoms with Crippen molar-refractivity contribution in [2.45, 2.75) is 0 Å². The summed E-state index contributed by atoms with van der Waals surface area (Å²) in [5.41, 5.74) is 0.402. The van der Waals surface area contributed by atoms with E-state index in [0.717, 1.165) is 0 Å². The number of halogens is 3. The highest BCUT2D eigenvalue weighted by atomic mass is 35.5. The molecule has 1 heterocycles. The minimum absolute atomic E-state index is 0.0139. The Balaban J connectivity index is 2.52. The zero-order valence-corrected chi connectivity index (χ0v) is 11.0. The summed E-state index contributed by atoms with van der Waals surface area (Å²) in [6.07, 6.45) is 2.37. The van der Waals surface area contributed by atoms with Crippen LogP contribution in [0.25, 0.3) is 11.4 Å². The molecule has 1 aromatic heterocycles. The van der Waals surface area contributed by atoms with E-state index in [2.05, 4.69) is 9.97 Å². The lowest BCUT2D eigenvalue weighted by Gasteiger charge is -2.06. The van der Waals surface area contributed by atoms with Crippen molar-refractivity contribution in [3.05, 3.63) is 45.2 Å². The molecule has 0 radical (unpaired) electrons. The molecule has 0 saturated carbocycles. The molecule has 2 aromatic rings. The van der Waals surface area contributed by atoms with E-state index in [1.54, 1.807) is 0 Å². The second-order valence-corrected chi connectivity index (χ2v) is 4.60. The van der Waals surface area contributed by atoms with Gasteiger partial charge in [-0.25, -0.2) is 14.8 Å². The Hall–Kier alpha value is -1.36. The number of carboxylic acids is 1. The quantitative estimate of drug-likeness (QED) is 0.916. The van der Waals surface area contributed by atoms with Crippen LogP contribution in [0.15, 0.2) is 24.5 Å². The maximum Gasteiger partial charge on any atom is 0.338 e. The Labute approximate surface area is 117 Å². The zero-order valence-electron chi connectivity index (χ0n) is 8.69. The van der Waals surface area contributed by atoms with Crippen LogP contribution in [0.3, 0.4) is 0 Å². The lowest BCUT2D eigenvalue weighted by molar-refractivity contribution is 0.0696. The summed E-state index contributed by atoms with van der Waals surface area (Å²) in [6, 6.07) is 3.03. The van der Waals surface area contributed by atoms with Gasteiger partial charge in [0.25, 0.3) is 0 Å². The highest BCUT2D eigenvalue weighted by Gasteiger charge is 2.13. The molecule has 0 spiro atoms. The molecule has 0 aliphatic heterocycles. The van der Waals surface area contributed by atoms with Gasteiger partial charge in [-0.1, -0.05) is 34.8 Å². The molecule has 0 atom stereocenters. The molecule has 0 fully saturated rings. The van der Waals surface area contributed by atoms with Gasteiger partial charge in [0, 0.05) is 17.4 Å². The van der Waals surface area contributed by atoms with Crippen molar-refractivity contribution in [1.82, 2.24) is 9.97 Å². The second-order valence-electron chi connectivity index (χ2n) is 3.34. The zero-order chi connectivity index (χ0) is 13.3. The van der Waals surface area contributed by atoms with E-state index in [-0.39, 0.29) is 11.4 Å².